The number of benzene rings is 3. The lowest BCUT2D eigenvalue weighted by molar-refractivity contribution is 0.0746. The smallest absolute Gasteiger partial charge is 0.261 e. The zero-order chi connectivity index (χ0) is 21.8. The zero-order valence-electron chi connectivity index (χ0n) is 17.4. The van der Waals surface area contributed by atoms with Crippen LogP contribution in [-0.4, -0.2) is 45.4 Å². The molecule has 0 saturated carbocycles. The molecule has 1 amide bonds. The number of carbonyl (C=O) groups is 1. The number of amides is 1. The molecule has 7 heteroatoms. The molecule has 0 aromatic heterocycles. The van der Waals surface area contributed by atoms with Crippen molar-refractivity contribution in [3.63, 3.8) is 0 Å². The summed E-state index contributed by atoms with van der Waals surface area (Å²) in [5.41, 5.74) is 2.90. The second-order valence-corrected chi connectivity index (χ2v) is 9.25. The Bertz CT molecular complexity index is 1160. The standard InChI is InChI=1S/C24H25N3O3S/c1-19-18-20(12-13-23(19)25-31(29,30)22-10-6-3-7-11-22)24(28)27-16-14-26(15-17-27)21-8-4-2-5-9-21/h2-13,18,25H,14-17H2,1H3. The van der Waals surface area contributed by atoms with Gasteiger partial charge in [-0.1, -0.05) is 36.4 Å². The molecule has 1 aliphatic rings. The molecule has 6 nitrogen and oxygen atoms in total. The van der Waals surface area contributed by atoms with Gasteiger partial charge in [-0.3, -0.25) is 9.52 Å². The van der Waals surface area contributed by atoms with Gasteiger partial charge in [-0.15, -0.1) is 0 Å². The predicted molar refractivity (Wildman–Crippen MR) is 123 cm³/mol. The first-order chi connectivity index (χ1) is 14.9. The number of para-hydroxylation sites is 1. The molecule has 1 heterocycles. The number of anilines is 2. The highest BCUT2D eigenvalue weighted by molar-refractivity contribution is 7.92. The van der Waals surface area contributed by atoms with Crippen LogP contribution in [0.25, 0.3) is 0 Å². The highest BCUT2D eigenvalue weighted by Gasteiger charge is 2.23. The third-order valence-corrected chi connectivity index (χ3v) is 6.84. The predicted octanol–water partition coefficient (Wildman–Crippen LogP) is 3.76. The first kappa shape index (κ1) is 20.9. The normalized spacial score (nSPS) is 14.4. The average molecular weight is 436 g/mol. The van der Waals surface area contributed by atoms with Crippen LogP contribution >= 0.6 is 0 Å². The fourth-order valence-corrected chi connectivity index (χ4v) is 4.86. The van der Waals surface area contributed by atoms with Crippen molar-refractivity contribution in [3.05, 3.63) is 90.0 Å². The number of nitrogens with zero attached hydrogens (tertiary/aromatic N) is 2. The summed E-state index contributed by atoms with van der Waals surface area (Å²) in [6, 6.07) is 23.5. The molecule has 0 spiro atoms. The van der Waals surface area contributed by atoms with Gasteiger partial charge in [0.05, 0.1) is 10.6 Å². The van der Waals surface area contributed by atoms with Crippen LogP contribution in [0.4, 0.5) is 11.4 Å². The fourth-order valence-electron chi connectivity index (χ4n) is 3.70. The Balaban J connectivity index is 1.43. The maximum absolute atomic E-state index is 13.0. The topological polar surface area (TPSA) is 69.7 Å². The van der Waals surface area contributed by atoms with Crippen molar-refractivity contribution in [1.82, 2.24) is 4.90 Å². The number of hydrogen-bond acceptors (Lipinski definition) is 4. The Morgan fingerprint density at radius 2 is 1.45 bits per heavy atom. The SMILES string of the molecule is Cc1cc(C(=O)N2CCN(c3ccccc3)CC2)ccc1NS(=O)(=O)c1ccccc1. The number of piperazine rings is 1. The maximum atomic E-state index is 13.0. The van der Waals surface area contributed by atoms with Crippen LogP contribution in [-0.2, 0) is 10.0 Å². The van der Waals surface area contributed by atoms with Crippen molar-refractivity contribution >= 4 is 27.3 Å². The van der Waals surface area contributed by atoms with E-state index < -0.39 is 10.0 Å². The van der Waals surface area contributed by atoms with E-state index in [4.69, 9.17) is 0 Å². The Labute approximate surface area is 183 Å². The maximum Gasteiger partial charge on any atom is 0.261 e. The quantitative estimate of drug-likeness (QED) is 0.663. The van der Waals surface area contributed by atoms with Crippen molar-refractivity contribution in [1.29, 1.82) is 0 Å². The highest BCUT2D eigenvalue weighted by atomic mass is 32.2. The summed E-state index contributed by atoms with van der Waals surface area (Å²) < 4.78 is 27.8. The molecule has 3 aromatic carbocycles. The van der Waals surface area contributed by atoms with E-state index in [0.29, 0.717) is 29.9 Å². The van der Waals surface area contributed by atoms with Crippen LogP contribution in [0.3, 0.4) is 0 Å². The van der Waals surface area contributed by atoms with Crippen molar-refractivity contribution in [2.75, 3.05) is 35.8 Å². The van der Waals surface area contributed by atoms with E-state index in [1.54, 1.807) is 55.5 Å². The second-order valence-electron chi connectivity index (χ2n) is 7.56. The van der Waals surface area contributed by atoms with Crippen molar-refractivity contribution in [2.45, 2.75) is 11.8 Å². The van der Waals surface area contributed by atoms with Crippen molar-refractivity contribution < 1.29 is 13.2 Å². The minimum atomic E-state index is -3.67. The summed E-state index contributed by atoms with van der Waals surface area (Å²) in [6.45, 7) is 4.66. The number of nitrogens with one attached hydrogen (secondary N) is 1. The van der Waals surface area contributed by atoms with Crippen LogP contribution < -0.4 is 9.62 Å². The van der Waals surface area contributed by atoms with E-state index >= 15 is 0 Å². The molecule has 0 radical (unpaired) electrons. The third-order valence-electron chi connectivity index (χ3n) is 5.46. The van der Waals surface area contributed by atoms with E-state index in [-0.39, 0.29) is 10.8 Å². The van der Waals surface area contributed by atoms with E-state index in [9.17, 15) is 13.2 Å². The molecule has 1 N–H and O–H groups in total. The van der Waals surface area contributed by atoms with Gasteiger partial charge in [0.25, 0.3) is 15.9 Å². The summed E-state index contributed by atoms with van der Waals surface area (Å²) in [5, 5.41) is 0. The Morgan fingerprint density at radius 1 is 0.839 bits per heavy atom. The van der Waals surface area contributed by atoms with Crippen molar-refractivity contribution in [3.8, 4) is 0 Å². The highest BCUT2D eigenvalue weighted by Crippen LogP contribution is 2.22. The van der Waals surface area contributed by atoms with Gasteiger partial charge in [0.1, 0.15) is 0 Å². The van der Waals surface area contributed by atoms with E-state index in [2.05, 4.69) is 21.8 Å². The van der Waals surface area contributed by atoms with Crippen LogP contribution in [0.15, 0.2) is 83.8 Å². The number of aryl methyl sites for hydroxylation is 1. The van der Waals surface area contributed by atoms with Gasteiger partial charge < -0.3 is 9.80 Å². The lowest BCUT2D eigenvalue weighted by Gasteiger charge is -2.36. The lowest BCUT2D eigenvalue weighted by Crippen LogP contribution is -2.48. The summed E-state index contributed by atoms with van der Waals surface area (Å²) in [7, 11) is -3.67. The second kappa shape index (κ2) is 8.81. The zero-order valence-corrected chi connectivity index (χ0v) is 18.2. The summed E-state index contributed by atoms with van der Waals surface area (Å²) >= 11 is 0. The molecular formula is C24H25N3O3S. The van der Waals surface area contributed by atoms with Crippen LogP contribution in [0.1, 0.15) is 15.9 Å². The molecular weight excluding hydrogens is 410 g/mol. The lowest BCUT2D eigenvalue weighted by atomic mass is 10.1. The number of rotatable bonds is 5. The Kier molecular flexibility index (Phi) is 5.95. The largest absolute Gasteiger partial charge is 0.368 e. The van der Waals surface area contributed by atoms with Crippen LogP contribution in [0.5, 0.6) is 0 Å². The van der Waals surface area contributed by atoms with Crippen LogP contribution in [0, 0.1) is 6.92 Å². The van der Waals surface area contributed by atoms with Gasteiger partial charge in [-0.05, 0) is 55.0 Å². The van der Waals surface area contributed by atoms with Crippen molar-refractivity contribution in [2.24, 2.45) is 0 Å². The van der Waals surface area contributed by atoms with E-state index in [0.717, 1.165) is 13.1 Å². The number of sulfonamides is 1. The fraction of sp³-hybridized carbons (Fsp3) is 0.208. The number of carbonyl (C=O) groups excluding carboxylic acids is 1. The minimum absolute atomic E-state index is 0.0340. The molecule has 160 valence electrons. The molecule has 4 rings (SSSR count). The monoisotopic (exact) mass is 435 g/mol. The van der Waals surface area contributed by atoms with Gasteiger partial charge in [-0.2, -0.15) is 0 Å². The summed E-state index contributed by atoms with van der Waals surface area (Å²) in [5.74, 6) is -0.0340. The van der Waals surface area contributed by atoms with Gasteiger partial charge in [0, 0.05) is 37.4 Å². The molecule has 3 aromatic rings. The average Bonchev–Trinajstić information content (AvgIpc) is 2.81. The minimum Gasteiger partial charge on any atom is -0.368 e. The van der Waals surface area contributed by atoms with Crippen LogP contribution in [0.2, 0.25) is 0 Å². The van der Waals surface area contributed by atoms with E-state index in [1.807, 2.05) is 23.1 Å². The summed E-state index contributed by atoms with van der Waals surface area (Å²) in [6.07, 6.45) is 0. The number of hydrogen-bond donors (Lipinski definition) is 1. The molecule has 0 atom stereocenters. The first-order valence-electron chi connectivity index (χ1n) is 10.2. The molecule has 31 heavy (non-hydrogen) atoms. The molecule has 0 aliphatic carbocycles. The Morgan fingerprint density at radius 3 is 2.06 bits per heavy atom. The van der Waals surface area contributed by atoms with Gasteiger partial charge in [0.2, 0.25) is 0 Å². The Hall–Kier alpha value is -3.32. The first-order valence-corrected chi connectivity index (χ1v) is 11.7. The molecule has 1 fully saturated rings. The van der Waals surface area contributed by atoms with Gasteiger partial charge in [-0.25, -0.2) is 8.42 Å². The third kappa shape index (κ3) is 4.72. The van der Waals surface area contributed by atoms with Gasteiger partial charge >= 0.3 is 0 Å². The summed E-state index contributed by atoms with van der Waals surface area (Å²) in [4.78, 5) is 17.3. The molecule has 0 unspecified atom stereocenters. The van der Waals surface area contributed by atoms with Gasteiger partial charge in [0.15, 0.2) is 0 Å². The molecule has 0 bridgehead atoms. The molecule has 1 aliphatic heterocycles. The molecule has 1 saturated heterocycles. The van der Waals surface area contributed by atoms with E-state index in [1.165, 1.54) is 5.69 Å².